The summed E-state index contributed by atoms with van der Waals surface area (Å²) in [5, 5.41) is 8.60. The summed E-state index contributed by atoms with van der Waals surface area (Å²) in [5.41, 5.74) is 3.67. The Hall–Kier alpha value is -2.14. The van der Waals surface area contributed by atoms with E-state index in [1.807, 2.05) is 30.3 Å². The van der Waals surface area contributed by atoms with E-state index in [-0.39, 0.29) is 6.09 Å². The molecule has 2 heterocycles. The molecule has 6 heteroatoms. The van der Waals surface area contributed by atoms with Crippen LogP contribution < -0.4 is 0 Å². The molecule has 3 rings (SSSR count). The molecule has 5 nitrogen and oxygen atoms in total. The molecule has 0 atom stereocenters. The van der Waals surface area contributed by atoms with Gasteiger partial charge in [0.05, 0.1) is 18.8 Å². The molecule has 0 N–H and O–H groups in total. The van der Waals surface area contributed by atoms with Gasteiger partial charge in [-0.2, -0.15) is 5.10 Å². The topological polar surface area (TPSA) is 55.3 Å². The second kappa shape index (κ2) is 6.32. The minimum Gasteiger partial charge on any atom is -0.450 e. The molecule has 1 amide bonds. The standard InChI is InChI=1S/C16H16ClN3O2/c1-2-22-16(21)20-9-8-13-12(10-20)14(15(17)19-18-13)11-6-4-3-5-7-11/h3-7H,2,8-10H2,1H3. The molecule has 0 radical (unpaired) electrons. The smallest absolute Gasteiger partial charge is 0.410 e. The molecule has 1 aromatic carbocycles. The number of nitrogens with zero attached hydrogens (tertiary/aromatic N) is 3. The molecule has 114 valence electrons. The molecule has 0 spiro atoms. The number of rotatable bonds is 2. The number of amides is 1. The summed E-state index contributed by atoms with van der Waals surface area (Å²) in [5.74, 6) is 0. The van der Waals surface area contributed by atoms with Gasteiger partial charge in [0.2, 0.25) is 0 Å². The number of halogens is 1. The first-order valence-electron chi connectivity index (χ1n) is 7.21. The van der Waals surface area contributed by atoms with Gasteiger partial charge < -0.3 is 9.64 Å². The van der Waals surface area contributed by atoms with E-state index in [1.165, 1.54) is 0 Å². The number of benzene rings is 1. The van der Waals surface area contributed by atoms with Crippen LogP contribution in [0, 0.1) is 0 Å². The normalized spacial score (nSPS) is 13.6. The van der Waals surface area contributed by atoms with Crippen LogP contribution in [-0.4, -0.2) is 34.3 Å². The van der Waals surface area contributed by atoms with E-state index in [0.29, 0.717) is 31.3 Å². The number of carbonyl (C=O) groups excluding carboxylic acids is 1. The maximum absolute atomic E-state index is 12.0. The van der Waals surface area contributed by atoms with Gasteiger partial charge in [-0.15, -0.1) is 5.10 Å². The molecular formula is C16H16ClN3O2. The third kappa shape index (κ3) is 2.76. The molecule has 0 unspecified atom stereocenters. The minimum absolute atomic E-state index is 0.305. The summed E-state index contributed by atoms with van der Waals surface area (Å²) in [6.07, 6.45) is 0.345. The number of ether oxygens (including phenoxy) is 1. The molecule has 22 heavy (non-hydrogen) atoms. The lowest BCUT2D eigenvalue weighted by atomic mass is 9.96. The zero-order valence-corrected chi connectivity index (χ0v) is 13.0. The molecule has 0 saturated heterocycles. The van der Waals surface area contributed by atoms with Gasteiger partial charge in [-0.05, 0) is 12.5 Å². The lowest BCUT2D eigenvalue weighted by molar-refractivity contribution is 0.102. The highest BCUT2D eigenvalue weighted by molar-refractivity contribution is 6.32. The van der Waals surface area contributed by atoms with E-state index < -0.39 is 0 Å². The fraction of sp³-hybridized carbons (Fsp3) is 0.312. The van der Waals surface area contributed by atoms with E-state index in [9.17, 15) is 4.79 Å². The maximum atomic E-state index is 12.0. The molecule has 1 aliphatic heterocycles. The maximum Gasteiger partial charge on any atom is 0.410 e. The fourth-order valence-electron chi connectivity index (χ4n) is 2.63. The number of hydrogen-bond acceptors (Lipinski definition) is 4. The van der Waals surface area contributed by atoms with Crippen LogP contribution in [0.25, 0.3) is 11.1 Å². The third-order valence-electron chi connectivity index (χ3n) is 3.67. The van der Waals surface area contributed by atoms with E-state index in [4.69, 9.17) is 16.3 Å². The lowest BCUT2D eigenvalue weighted by Gasteiger charge is -2.28. The highest BCUT2D eigenvalue weighted by atomic mass is 35.5. The molecule has 1 aliphatic rings. The predicted octanol–water partition coefficient (Wildman–Crippen LogP) is 3.31. The third-order valence-corrected chi connectivity index (χ3v) is 3.94. The first kappa shape index (κ1) is 14.8. The number of hydrogen-bond donors (Lipinski definition) is 0. The van der Waals surface area contributed by atoms with Gasteiger partial charge in [0, 0.05) is 24.1 Å². The molecule has 0 bridgehead atoms. The van der Waals surface area contributed by atoms with Crippen molar-refractivity contribution in [2.24, 2.45) is 0 Å². The van der Waals surface area contributed by atoms with Crippen molar-refractivity contribution in [3.05, 3.63) is 46.7 Å². The highest BCUT2D eigenvalue weighted by Crippen LogP contribution is 2.33. The van der Waals surface area contributed by atoms with E-state index >= 15 is 0 Å². The summed E-state index contributed by atoms with van der Waals surface area (Å²) < 4.78 is 5.09. The van der Waals surface area contributed by atoms with Gasteiger partial charge in [-0.25, -0.2) is 4.79 Å². The Morgan fingerprint density at radius 2 is 2.09 bits per heavy atom. The Kier molecular flexibility index (Phi) is 4.24. The van der Waals surface area contributed by atoms with Crippen molar-refractivity contribution >= 4 is 17.7 Å². The van der Waals surface area contributed by atoms with Gasteiger partial charge in [-0.1, -0.05) is 41.9 Å². The number of aromatic nitrogens is 2. The molecular weight excluding hydrogens is 302 g/mol. The summed E-state index contributed by atoms with van der Waals surface area (Å²) in [4.78, 5) is 13.7. The first-order valence-corrected chi connectivity index (χ1v) is 7.59. The van der Waals surface area contributed by atoms with Gasteiger partial charge >= 0.3 is 6.09 Å². The summed E-state index contributed by atoms with van der Waals surface area (Å²) >= 11 is 6.28. The molecule has 2 aromatic rings. The van der Waals surface area contributed by atoms with Crippen molar-refractivity contribution in [1.82, 2.24) is 15.1 Å². The fourth-order valence-corrected chi connectivity index (χ4v) is 2.90. The average Bonchev–Trinajstić information content (AvgIpc) is 2.55. The van der Waals surface area contributed by atoms with Crippen LogP contribution in [0.1, 0.15) is 18.2 Å². The van der Waals surface area contributed by atoms with Crippen molar-refractivity contribution < 1.29 is 9.53 Å². The largest absolute Gasteiger partial charge is 0.450 e. The van der Waals surface area contributed by atoms with Crippen LogP contribution in [0.5, 0.6) is 0 Å². The van der Waals surface area contributed by atoms with Gasteiger partial charge in [0.1, 0.15) is 0 Å². The second-order valence-corrected chi connectivity index (χ2v) is 5.39. The Labute approximate surface area is 133 Å². The highest BCUT2D eigenvalue weighted by Gasteiger charge is 2.26. The van der Waals surface area contributed by atoms with E-state index in [0.717, 1.165) is 22.4 Å². The van der Waals surface area contributed by atoms with Crippen molar-refractivity contribution in [2.75, 3.05) is 13.2 Å². The molecule has 0 aliphatic carbocycles. The Morgan fingerprint density at radius 1 is 1.32 bits per heavy atom. The lowest BCUT2D eigenvalue weighted by Crippen LogP contribution is -2.37. The summed E-state index contributed by atoms with van der Waals surface area (Å²) in [6, 6.07) is 9.80. The van der Waals surface area contributed by atoms with Crippen LogP contribution in [0.15, 0.2) is 30.3 Å². The van der Waals surface area contributed by atoms with Gasteiger partial charge in [0.25, 0.3) is 0 Å². The predicted molar refractivity (Wildman–Crippen MR) is 83.6 cm³/mol. The van der Waals surface area contributed by atoms with Crippen LogP contribution in [-0.2, 0) is 17.7 Å². The van der Waals surface area contributed by atoms with Gasteiger partial charge in [0.15, 0.2) is 5.15 Å². The Morgan fingerprint density at radius 3 is 2.82 bits per heavy atom. The van der Waals surface area contributed by atoms with Crippen molar-refractivity contribution in [2.45, 2.75) is 19.9 Å². The van der Waals surface area contributed by atoms with Crippen LogP contribution in [0.3, 0.4) is 0 Å². The van der Waals surface area contributed by atoms with Crippen LogP contribution in [0.2, 0.25) is 5.15 Å². The van der Waals surface area contributed by atoms with Crippen LogP contribution >= 0.6 is 11.6 Å². The van der Waals surface area contributed by atoms with Gasteiger partial charge in [-0.3, -0.25) is 0 Å². The quantitative estimate of drug-likeness (QED) is 0.852. The summed E-state index contributed by atoms with van der Waals surface area (Å²) in [7, 11) is 0. The Bertz CT molecular complexity index is 691. The monoisotopic (exact) mass is 317 g/mol. The second-order valence-electron chi connectivity index (χ2n) is 5.03. The number of fused-ring (bicyclic) bond motifs is 1. The zero-order chi connectivity index (χ0) is 15.5. The number of carbonyl (C=O) groups is 1. The van der Waals surface area contributed by atoms with E-state index in [2.05, 4.69) is 10.2 Å². The molecule has 0 fully saturated rings. The van der Waals surface area contributed by atoms with E-state index in [1.54, 1.807) is 11.8 Å². The van der Waals surface area contributed by atoms with Crippen molar-refractivity contribution in [1.29, 1.82) is 0 Å². The SMILES string of the molecule is CCOC(=O)N1CCc2nnc(Cl)c(-c3ccccc3)c2C1. The van der Waals surface area contributed by atoms with Crippen molar-refractivity contribution in [3.8, 4) is 11.1 Å². The van der Waals surface area contributed by atoms with Crippen molar-refractivity contribution in [3.63, 3.8) is 0 Å². The molecule has 0 saturated carbocycles. The van der Waals surface area contributed by atoms with Crippen LogP contribution in [0.4, 0.5) is 4.79 Å². The molecule has 1 aromatic heterocycles. The average molecular weight is 318 g/mol. The summed E-state index contributed by atoms with van der Waals surface area (Å²) in [6.45, 7) is 3.18. The minimum atomic E-state index is -0.305. The zero-order valence-electron chi connectivity index (χ0n) is 12.3. The first-order chi connectivity index (χ1) is 10.7. The Balaban J connectivity index is 2.02.